The zero-order chi connectivity index (χ0) is 15.0. The molecule has 1 unspecified atom stereocenters. The number of carbonyl (C=O) groups is 2. The summed E-state index contributed by atoms with van der Waals surface area (Å²) in [6.45, 7) is 4.00. The molecule has 1 aromatic rings. The number of hydrogen-bond acceptors (Lipinski definition) is 4. The molecule has 5 heteroatoms. The van der Waals surface area contributed by atoms with E-state index in [2.05, 4.69) is 0 Å². The maximum Gasteiger partial charge on any atom is 0.506 e. The first kappa shape index (κ1) is 16.0. The minimum absolute atomic E-state index is 0.270. The van der Waals surface area contributed by atoms with E-state index < -0.39 is 18.2 Å². The number of benzene rings is 1. The summed E-state index contributed by atoms with van der Waals surface area (Å²) >= 11 is 0. The number of rotatable bonds is 7. The van der Waals surface area contributed by atoms with E-state index in [1.54, 1.807) is 31.2 Å². The smallest absolute Gasteiger partial charge is 0.462 e. The molecule has 0 fully saturated rings. The highest BCUT2D eigenvalue weighted by Gasteiger charge is 2.22. The Morgan fingerprint density at radius 3 is 2.55 bits per heavy atom. The molecule has 5 nitrogen and oxygen atoms in total. The number of unbranched alkanes of at least 4 members (excludes halogenated alkanes) is 1. The van der Waals surface area contributed by atoms with Gasteiger partial charge in [0.25, 0.3) is 0 Å². The first-order valence-corrected chi connectivity index (χ1v) is 6.75. The van der Waals surface area contributed by atoms with Gasteiger partial charge in [-0.1, -0.05) is 31.5 Å². The van der Waals surface area contributed by atoms with Crippen molar-refractivity contribution < 1.29 is 24.2 Å². The molecule has 110 valence electrons. The van der Waals surface area contributed by atoms with Crippen LogP contribution in [0.25, 0.3) is 0 Å². The minimum atomic E-state index is -1.34. The number of esters is 1. The van der Waals surface area contributed by atoms with Crippen LogP contribution in [0.5, 0.6) is 0 Å². The Bertz CT molecular complexity index is 455. The highest BCUT2D eigenvalue weighted by molar-refractivity contribution is 5.91. The van der Waals surface area contributed by atoms with Crippen LogP contribution in [0.4, 0.5) is 4.79 Å². The van der Waals surface area contributed by atoms with Gasteiger partial charge in [0.2, 0.25) is 0 Å². The van der Waals surface area contributed by atoms with Gasteiger partial charge in [-0.2, -0.15) is 0 Å². The molecule has 0 bridgehead atoms. The van der Waals surface area contributed by atoms with Gasteiger partial charge in [0.05, 0.1) is 12.2 Å². The first-order valence-electron chi connectivity index (χ1n) is 6.75. The molecule has 1 rings (SSSR count). The Morgan fingerprint density at radius 2 is 1.95 bits per heavy atom. The average Bonchev–Trinajstić information content (AvgIpc) is 2.43. The second-order valence-electron chi connectivity index (χ2n) is 4.32. The average molecular weight is 280 g/mol. The predicted molar refractivity (Wildman–Crippen MR) is 73.8 cm³/mol. The van der Waals surface area contributed by atoms with Gasteiger partial charge in [-0.05, 0) is 25.8 Å². The fraction of sp³-hybridized carbons (Fsp3) is 0.467. The standard InChI is InChI=1S/C15H20O5/c1-3-5-10-13(20-15(17)18)11-8-6-7-9-12(11)14(16)19-4-2/h6-9,13H,3-5,10H2,1-2H3,(H,17,18). The minimum Gasteiger partial charge on any atom is -0.462 e. The van der Waals surface area contributed by atoms with Gasteiger partial charge in [0.1, 0.15) is 6.10 Å². The van der Waals surface area contributed by atoms with Crippen LogP contribution in [0.3, 0.4) is 0 Å². The molecule has 0 amide bonds. The van der Waals surface area contributed by atoms with Gasteiger partial charge >= 0.3 is 12.1 Å². The zero-order valence-electron chi connectivity index (χ0n) is 11.8. The number of ether oxygens (including phenoxy) is 2. The zero-order valence-corrected chi connectivity index (χ0v) is 11.8. The predicted octanol–water partition coefficient (Wildman–Crippen LogP) is 3.79. The molecule has 0 aliphatic carbocycles. The number of carboxylic acid groups (broad SMARTS) is 1. The Balaban J connectivity index is 3.04. The highest BCUT2D eigenvalue weighted by Crippen LogP contribution is 2.27. The summed E-state index contributed by atoms with van der Waals surface area (Å²) in [7, 11) is 0. The van der Waals surface area contributed by atoms with Crippen LogP contribution in [0, 0.1) is 0 Å². The largest absolute Gasteiger partial charge is 0.506 e. The normalized spacial score (nSPS) is 11.7. The van der Waals surface area contributed by atoms with E-state index in [0.29, 0.717) is 17.5 Å². The lowest BCUT2D eigenvalue weighted by atomic mass is 9.98. The van der Waals surface area contributed by atoms with E-state index in [0.717, 1.165) is 12.8 Å². The van der Waals surface area contributed by atoms with Crippen molar-refractivity contribution in [2.75, 3.05) is 6.61 Å². The van der Waals surface area contributed by atoms with Gasteiger partial charge in [-0.15, -0.1) is 0 Å². The summed E-state index contributed by atoms with van der Waals surface area (Å²) in [5, 5.41) is 8.84. The summed E-state index contributed by atoms with van der Waals surface area (Å²) in [4.78, 5) is 22.7. The van der Waals surface area contributed by atoms with Crippen LogP contribution in [0.1, 0.15) is 55.1 Å². The topological polar surface area (TPSA) is 72.8 Å². The molecule has 0 heterocycles. The summed E-state index contributed by atoms with van der Waals surface area (Å²) < 4.78 is 9.90. The SMILES string of the molecule is CCCCC(OC(=O)O)c1ccccc1C(=O)OCC. The Kier molecular flexibility index (Phi) is 6.56. The molecule has 0 saturated carbocycles. The lowest BCUT2D eigenvalue weighted by Crippen LogP contribution is -2.15. The van der Waals surface area contributed by atoms with Crippen LogP contribution in [-0.4, -0.2) is 23.8 Å². The van der Waals surface area contributed by atoms with Gasteiger partial charge < -0.3 is 14.6 Å². The van der Waals surface area contributed by atoms with Crippen molar-refractivity contribution in [2.24, 2.45) is 0 Å². The molecule has 1 aromatic carbocycles. The molecule has 20 heavy (non-hydrogen) atoms. The van der Waals surface area contributed by atoms with Crippen LogP contribution in [-0.2, 0) is 9.47 Å². The van der Waals surface area contributed by atoms with E-state index in [1.807, 2.05) is 6.92 Å². The molecule has 0 aliphatic heterocycles. The Hall–Kier alpha value is -2.04. The third-order valence-corrected chi connectivity index (χ3v) is 2.87. The lowest BCUT2D eigenvalue weighted by Gasteiger charge is -2.18. The van der Waals surface area contributed by atoms with Crippen molar-refractivity contribution in [1.29, 1.82) is 0 Å². The third-order valence-electron chi connectivity index (χ3n) is 2.87. The molecule has 0 aromatic heterocycles. The van der Waals surface area contributed by atoms with E-state index in [4.69, 9.17) is 14.6 Å². The van der Waals surface area contributed by atoms with Crippen molar-refractivity contribution >= 4 is 12.1 Å². The Morgan fingerprint density at radius 1 is 1.25 bits per heavy atom. The van der Waals surface area contributed by atoms with Crippen LogP contribution < -0.4 is 0 Å². The van der Waals surface area contributed by atoms with Gasteiger partial charge in [0.15, 0.2) is 0 Å². The third kappa shape index (κ3) is 4.57. The molecule has 0 spiro atoms. The summed E-state index contributed by atoms with van der Waals surface area (Å²) in [6.07, 6.45) is 0.285. The Labute approximate surface area is 118 Å². The summed E-state index contributed by atoms with van der Waals surface area (Å²) in [6, 6.07) is 6.79. The molecule has 0 aliphatic rings. The van der Waals surface area contributed by atoms with E-state index in [-0.39, 0.29) is 6.61 Å². The van der Waals surface area contributed by atoms with Crippen LogP contribution in [0.15, 0.2) is 24.3 Å². The van der Waals surface area contributed by atoms with Crippen molar-refractivity contribution in [1.82, 2.24) is 0 Å². The molecular weight excluding hydrogens is 260 g/mol. The van der Waals surface area contributed by atoms with Crippen LogP contribution in [0.2, 0.25) is 0 Å². The van der Waals surface area contributed by atoms with E-state index in [9.17, 15) is 9.59 Å². The summed E-state index contributed by atoms with van der Waals surface area (Å²) in [5.41, 5.74) is 0.915. The first-order chi connectivity index (χ1) is 9.60. The maximum atomic E-state index is 11.9. The van der Waals surface area contributed by atoms with Crippen molar-refractivity contribution in [3.8, 4) is 0 Å². The van der Waals surface area contributed by atoms with Gasteiger partial charge in [-0.3, -0.25) is 0 Å². The highest BCUT2D eigenvalue weighted by atomic mass is 16.7. The fourth-order valence-corrected chi connectivity index (χ4v) is 1.96. The molecule has 0 saturated heterocycles. The quantitative estimate of drug-likeness (QED) is 0.769. The molecule has 1 N–H and O–H groups in total. The lowest BCUT2D eigenvalue weighted by molar-refractivity contribution is 0.0418. The summed E-state index contributed by atoms with van der Waals surface area (Å²) in [5.74, 6) is -0.460. The molecule has 1 atom stereocenters. The van der Waals surface area contributed by atoms with Gasteiger partial charge in [-0.25, -0.2) is 9.59 Å². The second kappa shape index (κ2) is 8.19. The molecule has 0 radical (unpaired) electrons. The monoisotopic (exact) mass is 280 g/mol. The van der Waals surface area contributed by atoms with Crippen LogP contribution >= 0.6 is 0 Å². The number of hydrogen-bond donors (Lipinski definition) is 1. The second-order valence-corrected chi connectivity index (χ2v) is 4.32. The van der Waals surface area contributed by atoms with Crippen molar-refractivity contribution in [3.05, 3.63) is 35.4 Å². The van der Waals surface area contributed by atoms with E-state index >= 15 is 0 Å². The maximum absolute atomic E-state index is 11.9. The molecular formula is C15H20O5. The van der Waals surface area contributed by atoms with Crippen molar-refractivity contribution in [3.63, 3.8) is 0 Å². The van der Waals surface area contributed by atoms with Gasteiger partial charge in [0, 0.05) is 5.56 Å². The number of carbonyl (C=O) groups excluding carboxylic acids is 1. The van der Waals surface area contributed by atoms with E-state index in [1.165, 1.54) is 0 Å². The fourth-order valence-electron chi connectivity index (χ4n) is 1.96. The van der Waals surface area contributed by atoms with Crippen molar-refractivity contribution in [2.45, 2.75) is 39.2 Å².